The van der Waals surface area contributed by atoms with Crippen molar-refractivity contribution in [3.05, 3.63) is 54.1 Å². The maximum atomic E-state index is 11.9. The van der Waals surface area contributed by atoms with Gasteiger partial charge in [0.1, 0.15) is 5.75 Å². The van der Waals surface area contributed by atoms with Crippen molar-refractivity contribution < 1.29 is 23.8 Å². The van der Waals surface area contributed by atoms with Crippen LogP contribution in [0.5, 0.6) is 17.2 Å². The first-order chi connectivity index (χ1) is 13.8. The molecule has 0 aliphatic rings. The number of carbonyl (C=O) groups is 2. The van der Waals surface area contributed by atoms with E-state index >= 15 is 0 Å². The minimum atomic E-state index is -0.501. The number of hydrazine groups is 1. The summed E-state index contributed by atoms with van der Waals surface area (Å²) < 4.78 is 16.4. The molecule has 0 unspecified atom stereocenters. The zero-order valence-corrected chi connectivity index (χ0v) is 17.3. The minimum absolute atomic E-state index is 0.0175. The van der Waals surface area contributed by atoms with Gasteiger partial charge in [0.25, 0.3) is 11.8 Å². The lowest BCUT2D eigenvalue weighted by molar-refractivity contribution is -0.131. The van der Waals surface area contributed by atoms with Crippen LogP contribution in [0, 0.1) is 0 Å². The summed E-state index contributed by atoms with van der Waals surface area (Å²) in [6.45, 7) is 8.16. The van der Waals surface area contributed by atoms with Gasteiger partial charge in [-0.2, -0.15) is 0 Å². The van der Waals surface area contributed by atoms with Gasteiger partial charge < -0.3 is 14.2 Å². The van der Waals surface area contributed by atoms with E-state index < -0.39 is 11.8 Å². The van der Waals surface area contributed by atoms with Crippen LogP contribution in [0.4, 0.5) is 0 Å². The third-order valence-corrected chi connectivity index (χ3v) is 3.92. The van der Waals surface area contributed by atoms with Crippen molar-refractivity contribution in [1.29, 1.82) is 0 Å². The fraction of sp³-hybridized carbons (Fsp3) is 0.364. The summed E-state index contributed by atoms with van der Waals surface area (Å²) in [6, 6.07) is 14.6. The number of hydrogen-bond acceptors (Lipinski definition) is 5. The van der Waals surface area contributed by atoms with E-state index in [1.807, 2.05) is 31.2 Å². The minimum Gasteiger partial charge on any atom is -0.490 e. The van der Waals surface area contributed by atoms with Crippen LogP contribution < -0.4 is 25.1 Å². The van der Waals surface area contributed by atoms with Gasteiger partial charge in [0, 0.05) is 0 Å². The molecule has 0 radical (unpaired) electrons. The molecule has 0 saturated carbocycles. The zero-order valence-electron chi connectivity index (χ0n) is 17.3. The van der Waals surface area contributed by atoms with Gasteiger partial charge in [-0.1, -0.05) is 45.0 Å². The van der Waals surface area contributed by atoms with E-state index in [9.17, 15) is 9.59 Å². The summed E-state index contributed by atoms with van der Waals surface area (Å²) >= 11 is 0. The average molecular weight is 400 g/mol. The zero-order chi connectivity index (χ0) is 21.3. The van der Waals surface area contributed by atoms with Crippen molar-refractivity contribution in [2.75, 3.05) is 19.8 Å². The Morgan fingerprint density at radius 2 is 1.41 bits per heavy atom. The SMILES string of the molecule is CCOc1ccccc1OCC(=O)NNC(=O)COc1cccc(C(C)(C)C)c1. The molecule has 0 bridgehead atoms. The Bertz CT molecular complexity index is 830. The van der Waals surface area contributed by atoms with E-state index in [4.69, 9.17) is 14.2 Å². The fourth-order valence-corrected chi connectivity index (χ4v) is 2.40. The number of nitrogens with one attached hydrogen (secondary N) is 2. The normalized spacial score (nSPS) is 10.8. The lowest BCUT2D eigenvalue weighted by Gasteiger charge is -2.19. The summed E-state index contributed by atoms with van der Waals surface area (Å²) in [7, 11) is 0. The molecule has 2 rings (SSSR count). The molecule has 2 aromatic carbocycles. The number of ether oxygens (including phenoxy) is 3. The molecule has 0 atom stereocenters. The predicted molar refractivity (Wildman–Crippen MR) is 110 cm³/mol. The number of amides is 2. The van der Waals surface area contributed by atoms with Gasteiger partial charge in [-0.25, -0.2) is 0 Å². The first kappa shape index (κ1) is 22.1. The first-order valence-corrected chi connectivity index (χ1v) is 9.45. The molecule has 156 valence electrons. The molecule has 2 aromatic rings. The predicted octanol–water partition coefficient (Wildman–Crippen LogP) is 2.99. The van der Waals surface area contributed by atoms with Gasteiger partial charge in [-0.15, -0.1) is 0 Å². The Hall–Kier alpha value is -3.22. The van der Waals surface area contributed by atoms with Crippen LogP contribution in [0.1, 0.15) is 33.3 Å². The third kappa shape index (κ3) is 7.37. The number of para-hydroxylation sites is 2. The van der Waals surface area contributed by atoms with E-state index in [0.29, 0.717) is 23.9 Å². The molecule has 0 heterocycles. The third-order valence-electron chi connectivity index (χ3n) is 3.92. The number of rotatable bonds is 8. The van der Waals surface area contributed by atoms with Crippen LogP contribution in [0.2, 0.25) is 0 Å². The second-order valence-corrected chi connectivity index (χ2v) is 7.33. The molecule has 7 nitrogen and oxygen atoms in total. The van der Waals surface area contributed by atoms with Crippen LogP contribution >= 0.6 is 0 Å². The van der Waals surface area contributed by atoms with E-state index in [-0.39, 0.29) is 18.6 Å². The maximum Gasteiger partial charge on any atom is 0.276 e. The molecule has 2 N–H and O–H groups in total. The first-order valence-electron chi connectivity index (χ1n) is 9.45. The van der Waals surface area contributed by atoms with Gasteiger partial charge in [-0.3, -0.25) is 20.4 Å². The lowest BCUT2D eigenvalue weighted by Crippen LogP contribution is -2.45. The molecule has 0 aliphatic carbocycles. The summed E-state index contributed by atoms with van der Waals surface area (Å²) in [5.41, 5.74) is 5.68. The Kier molecular flexibility index (Phi) is 7.88. The molecule has 7 heteroatoms. The smallest absolute Gasteiger partial charge is 0.276 e. The van der Waals surface area contributed by atoms with E-state index in [1.54, 1.807) is 24.3 Å². The van der Waals surface area contributed by atoms with Crippen molar-refractivity contribution in [2.45, 2.75) is 33.1 Å². The largest absolute Gasteiger partial charge is 0.490 e. The molecular formula is C22H28N2O5. The van der Waals surface area contributed by atoms with Gasteiger partial charge in [0.05, 0.1) is 6.61 Å². The Morgan fingerprint density at radius 1 is 0.828 bits per heavy atom. The number of hydrogen-bond donors (Lipinski definition) is 2. The van der Waals surface area contributed by atoms with E-state index in [1.165, 1.54) is 0 Å². The highest BCUT2D eigenvalue weighted by Crippen LogP contribution is 2.26. The topological polar surface area (TPSA) is 85.9 Å². The summed E-state index contributed by atoms with van der Waals surface area (Å²) in [4.78, 5) is 23.8. The number of carbonyl (C=O) groups excluding carboxylic acids is 2. The van der Waals surface area contributed by atoms with Crippen LogP contribution in [0.3, 0.4) is 0 Å². The standard InChI is InChI=1S/C22H28N2O5/c1-5-27-18-11-6-7-12-19(18)29-15-21(26)24-23-20(25)14-28-17-10-8-9-16(13-17)22(2,3)4/h6-13H,5,14-15H2,1-4H3,(H,23,25)(H,24,26). The highest BCUT2D eigenvalue weighted by Gasteiger charge is 2.14. The molecule has 0 saturated heterocycles. The van der Waals surface area contributed by atoms with E-state index in [2.05, 4.69) is 31.6 Å². The summed E-state index contributed by atoms with van der Waals surface area (Å²) in [6.07, 6.45) is 0. The summed E-state index contributed by atoms with van der Waals surface area (Å²) in [5.74, 6) is 0.624. The molecule has 0 spiro atoms. The van der Waals surface area contributed by atoms with Gasteiger partial charge >= 0.3 is 0 Å². The summed E-state index contributed by atoms with van der Waals surface area (Å²) in [5, 5.41) is 0. The second kappa shape index (κ2) is 10.4. The van der Waals surface area contributed by atoms with Crippen molar-refractivity contribution in [2.24, 2.45) is 0 Å². The monoisotopic (exact) mass is 400 g/mol. The van der Waals surface area contributed by atoms with Gasteiger partial charge in [-0.05, 0) is 42.2 Å². The molecule has 29 heavy (non-hydrogen) atoms. The van der Waals surface area contributed by atoms with Crippen molar-refractivity contribution in [3.63, 3.8) is 0 Å². The Labute approximate surface area is 171 Å². The van der Waals surface area contributed by atoms with Crippen molar-refractivity contribution >= 4 is 11.8 Å². The van der Waals surface area contributed by atoms with Gasteiger partial charge in [0.2, 0.25) is 0 Å². The maximum absolute atomic E-state index is 11.9. The van der Waals surface area contributed by atoms with Crippen molar-refractivity contribution in [3.8, 4) is 17.2 Å². The molecular weight excluding hydrogens is 372 g/mol. The molecule has 0 fully saturated rings. The quantitative estimate of drug-likeness (QED) is 0.666. The molecule has 0 aliphatic heterocycles. The van der Waals surface area contributed by atoms with Crippen molar-refractivity contribution in [1.82, 2.24) is 10.9 Å². The Morgan fingerprint density at radius 3 is 2.00 bits per heavy atom. The van der Waals surface area contributed by atoms with Crippen LogP contribution in [-0.4, -0.2) is 31.6 Å². The highest BCUT2D eigenvalue weighted by atomic mass is 16.5. The lowest BCUT2D eigenvalue weighted by atomic mass is 9.87. The highest BCUT2D eigenvalue weighted by molar-refractivity contribution is 5.83. The van der Waals surface area contributed by atoms with Crippen LogP contribution in [0.25, 0.3) is 0 Å². The van der Waals surface area contributed by atoms with Crippen LogP contribution in [-0.2, 0) is 15.0 Å². The molecule has 2 amide bonds. The second-order valence-electron chi connectivity index (χ2n) is 7.33. The van der Waals surface area contributed by atoms with Gasteiger partial charge in [0.15, 0.2) is 24.7 Å². The molecule has 0 aromatic heterocycles. The van der Waals surface area contributed by atoms with Crippen LogP contribution in [0.15, 0.2) is 48.5 Å². The van der Waals surface area contributed by atoms with E-state index in [0.717, 1.165) is 5.56 Å². The Balaban J connectivity index is 1.75. The average Bonchev–Trinajstić information content (AvgIpc) is 2.70. The fourth-order valence-electron chi connectivity index (χ4n) is 2.40. The number of benzene rings is 2.